The summed E-state index contributed by atoms with van der Waals surface area (Å²) in [5.41, 5.74) is 2.27. The van der Waals surface area contributed by atoms with Gasteiger partial charge in [-0.25, -0.2) is 0 Å². The maximum Gasteiger partial charge on any atom is 0.0702 e. The predicted octanol–water partition coefficient (Wildman–Crippen LogP) is 2.81. The predicted molar refractivity (Wildman–Crippen MR) is 69.3 cm³/mol. The topological polar surface area (TPSA) is 16.1 Å². The number of hydrogen-bond acceptors (Lipinski definition) is 2. The van der Waals surface area contributed by atoms with Crippen LogP contribution >= 0.6 is 0 Å². The lowest BCUT2D eigenvalue weighted by Gasteiger charge is -2.03. The van der Waals surface area contributed by atoms with E-state index < -0.39 is 0 Å². The molecule has 0 unspecified atom stereocenters. The van der Waals surface area contributed by atoms with Crippen LogP contribution in [0.2, 0.25) is 0 Å². The first-order valence-electron chi connectivity index (χ1n) is 5.42. The number of pyridine rings is 1. The van der Waals surface area contributed by atoms with Crippen LogP contribution in [0.3, 0.4) is 0 Å². The zero-order valence-corrected chi connectivity index (χ0v) is 9.72. The van der Waals surface area contributed by atoms with Gasteiger partial charge in [-0.1, -0.05) is 24.3 Å². The van der Waals surface area contributed by atoms with E-state index in [-0.39, 0.29) is 0 Å². The van der Waals surface area contributed by atoms with Crippen molar-refractivity contribution in [3.63, 3.8) is 0 Å². The van der Waals surface area contributed by atoms with Crippen LogP contribution in [0.15, 0.2) is 42.6 Å². The van der Waals surface area contributed by atoms with Crippen molar-refractivity contribution in [2.24, 2.45) is 0 Å². The van der Waals surface area contributed by atoms with Crippen molar-refractivity contribution in [3.8, 4) is 0 Å². The minimum absolute atomic E-state index is 0.963. The van der Waals surface area contributed by atoms with Crippen molar-refractivity contribution >= 4 is 17.0 Å². The lowest BCUT2D eigenvalue weighted by atomic mass is 10.1. The SMILES string of the molecule is CN(C)C/C=C\c1ccc2ncccc2c1. The summed E-state index contributed by atoms with van der Waals surface area (Å²) in [4.78, 5) is 6.44. The standard InChI is InChI=1S/C14H16N2/c1-16(2)10-4-5-12-7-8-14-13(11-12)6-3-9-15-14/h3-9,11H,10H2,1-2H3/b5-4-. The first kappa shape index (κ1) is 10.8. The van der Waals surface area contributed by atoms with Crippen LogP contribution in [0.25, 0.3) is 17.0 Å². The summed E-state index contributed by atoms with van der Waals surface area (Å²) in [5, 5.41) is 1.19. The number of likely N-dealkylation sites (N-methyl/N-ethyl adjacent to an activating group) is 1. The monoisotopic (exact) mass is 212 g/mol. The highest BCUT2D eigenvalue weighted by Crippen LogP contribution is 2.14. The molecule has 0 amide bonds. The molecule has 0 fully saturated rings. The molecule has 0 radical (unpaired) electrons. The number of fused-ring (bicyclic) bond motifs is 1. The molecule has 2 aromatic rings. The van der Waals surface area contributed by atoms with E-state index in [4.69, 9.17) is 0 Å². The van der Waals surface area contributed by atoms with Gasteiger partial charge in [0.25, 0.3) is 0 Å². The van der Waals surface area contributed by atoms with Crippen LogP contribution in [0.4, 0.5) is 0 Å². The fraction of sp³-hybridized carbons (Fsp3) is 0.214. The van der Waals surface area contributed by atoms with Gasteiger partial charge in [-0.3, -0.25) is 4.98 Å². The normalized spacial score (nSPS) is 11.7. The van der Waals surface area contributed by atoms with Gasteiger partial charge >= 0.3 is 0 Å². The van der Waals surface area contributed by atoms with E-state index in [1.165, 1.54) is 10.9 Å². The van der Waals surface area contributed by atoms with E-state index in [1.54, 1.807) is 0 Å². The van der Waals surface area contributed by atoms with Crippen molar-refractivity contribution < 1.29 is 0 Å². The molecule has 0 atom stereocenters. The van der Waals surface area contributed by atoms with Gasteiger partial charge in [0, 0.05) is 18.1 Å². The van der Waals surface area contributed by atoms with Gasteiger partial charge in [0.05, 0.1) is 5.52 Å². The van der Waals surface area contributed by atoms with Crippen molar-refractivity contribution in [1.82, 2.24) is 9.88 Å². The summed E-state index contributed by atoms with van der Waals surface area (Å²) >= 11 is 0. The second-order valence-corrected chi connectivity index (χ2v) is 4.12. The van der Waals surface area contributed by atoms with Gasteiger partial charge < -0.3 is 4.90 Å². The molecular formula is C14H16N2. The molecule has 1 heterocycles. The van der Waals surface area contributed by atoms with Crippen LogP contribution in [-0.4, -0.2) is 30.5 Å². The Morgan fingerprint density at radius 2 is 2.12 bits per heavy atom. The minimum atomic E-state index is 0.963. The summed E-state index contributed by atoms with van der Waals surface area (Å²) in [6.07, 6.45) is 6.13. The van der Waals surface area contributed by atoms with E-state index in [0.717, 1.165) is 12.1 Å². The van der Waals surface area contributed by atoms with Gasteiger partial charge in [-0.2, -0.15) is 0 Å². The molecule has 0 saturated carbocycles. The van der Waals surface area contributed by atoms with Crippen molar-refractivity contribution in [2.45, 2.75) is 0 Å². The van der Waals surface area contributed by atoms with Gasteiger partial charge in [0.15, 0.2) is 0 Å². The molecule has 1 aromatic heterocycles. The molecule has 0 aliphatic heterocycles. The molecule has 82 valence electrons. The van der Waals surface area contributed by atoms with E-state index in [2.05, 4.69) is 60.4 Å². The highest BCUT2D eigenvalue weighted by Gasteiger charge is 1.93. The summed E-state index contributed by atoms with van der Waals surface area (Å²) in [5.74, 6) is 0. The van der Waals surface area contributed by atoms with E-state index in [1.807, 2.05) is 12.3 Å². The number of nitrogens with zero attached hydrogens (tertiary/aromatic N) is 2. The van der Waals surface area contributed by atoms with Crippen LogP contribution in [0, 0.1) is 0 Å². The molecule has 0 aliphatic rings. The van der Waals surface area contributed by atoms with Crippen molar-refractivity contribution in [2.75, 3.05) is 20.6 Å². The number of hydrogen-bond donors (Lipinski definition) is 0. The summed E-state index contributed by atoms with van der Waals surface area (Å²) < 4.78 is 0. The molecule has 0 spiro atoms. The Bertz CT molecular complexity index is 501. The smallest absolute Gasteiger partial charge is 0.0702 e. The van der Waals surface area contributed by atoms with Gasteiger partial charge in [-0.05, 0) is 37.9 Å². The van der Waals surface area contributed by atoms with Crippen LogP contribution in [-0.2, 0) is 0 Å². The average Bonchev–Trinajstić information content (AvgIpc) is 2.28. The summed E-state index contributed by atoms with van der Waals surface area (Å²) in [6.45, 7) is 0.963. The second-order valence-electron chi connectivity index (χ2n) is 4.12. The Morgan fingerprint density at radius 3 is 2.94 bits per heavy atom. The zero-order chi connectivity index (χ0) is 11.4. The van der Waals surface area contributed by atoms with E-state index in [0.29, 0.717) is 0 Å². The highest BCUT2D eigenvalue weighted by molar-refractivity contribution is 5.80. The average molecular weight is 212 g/mol. The fourth-order valence-corrected chi connectivity index (χ4v) is 1.60. The number of aromatic nitrogens is 1. The molecule has 0 aliphatic carbocycles. The Hall–Kier alpha value is -1.67. The maximum atomic E-state index is 4.30. The fourth-order valence-electron chi connectivity index (χ4n) is 1.60. The minimum Gasteiger partial charge on any atom is -0.306 e. The molecule has 1 aromatic carbocycles. The Balaban J connectivity index is 2.22. The second kappa shape index (κ2) is 4.90. The van der Waals surface area contributed by atoms with Gasteiger partial charge in [-0.15, -0.1) is 0 Å². The largest absolute Gasteiger partial charge is 0.306 e. The third kappa shape index (κ3) is 2.67. The van der Waals surface area contributed by atoms with E-state index >= 15 is 0 Å². The van der Waals surface area contributed by atoms with Gasteiger partial charge in [0.2, 0.25) is 0 Å². The zero-order valence-electron chi connectivity index (χ0n) is 9.72. The molecular weight excluding hydrogens is 196 g/mol. The maximum absolute atomic E-state index is 4.30. The van der Waals surface area contributed by atoms with Gasteiger partial charge in [0.1, 0.15) is 0 Å². The van der Waals surface area contributed by atoms with Crippen molar-refractivity contribution in [3.05, 3.63) is 48.2 Å². The molecule has 0 saturated heterocycles. The third-order valence-corrected chi connectivity index (χ3v) is 2.41. The van der Waals surface area contributed by atoms with E-state index in [9.17, 15) is 0 Å². The first-order valence-corrected chi connectivity index (χ1v) is 5.42. The quantitative estimate of drug-likeness (QED) is 0.777. The lowest BCUT2D eigenvalue weighted by Crippen LogP contribution is -2.10. The van der Waals surface area contributed by atoms with Crippen LogP contribution in [0.5, 0.6) is 0 Å². The summed E-state index contributed by atoms with van der Waals surface area (Å²) in [7, 11) is 4.13. The summed E-state index contributed by atoms with van der Waals surface area (Å²) in [6, 6.07) is 10.4. The van der Waals surface area contributed by atoms with Crippen molar-refractivity contribution in [1.29, 1.82) is 0 Å². The third-order valence-electron chi connectivity index (χ3n) is 2.41. The van der Waals surface area contributed by atoms with Crippen LogP contribution < -0.4 is 0 Å². The molecule has 2 nitrogen and oxygen atoms in total. The molecule has 16 heavy (non-hydrogen) atoms. The molecule has 0 N–H and O–H groups in total. The molecule has 2 rings (SSSR count). The Morgan fingerprint density at radius 1 is 1.25 bits per heavy atom. The Labute approximate surface area is 96.2 Å². The molecule has 2 heteroatoms. The van der Waals surface area contributed by atoms with Crippen LogP contribution in [0.1, 0.15) is 5.56 Å². The molecule has 0 bridgehead atoms. The number of benzene rings is 1. The highest BCUT2D eigenvalue weighted by atomic mass is 15.0. The number of rotatable bonds is 3. The Kier molecular flexibility index (Phi) is 3.32. The first-order chi connectivity index (χ1) is 7.75. The lowest BCUT2D eigenvalue weighted by molar-refractivity contribution is 0.457.